The third-order valence-corrected chi connectivity index (χ3v) is 3.21. The van der Waals surface area contributed by atoms with Crippen LogP contribution < -0.4 is 4.74 Å². The molecule has 0 saturated carbocycles. The Morgan fingerprint density at radius 3 is 2.57 bits per heavy atom. The minimum atomic E-state index is 0.377. The highest BCUT2D eigenvalue weighted by Crippen LogP contribution is 2.17. The van der Waals surface area contributed by atoms with E-state index in [2.05, 4.69) is 34.2 Å². The van der Waals surface area contributed by atoms with E-state index in [0.29, 0.717) is 18.3 Å². The van der Waals surface area contributed by atoms with Crippen molar-refractivity contribution in [3.05, 3.63) is 65.5 Å². The fourth-order valence-corrected chi connectivity index (χ4v) is 2.05. The summed E-state index contributed by atoms with van der Waals surface area (Å²) in [5.74, 6) is 2.24. The minimum Gasteiger partial charge on any atom is -0.486 e. The van der Waals surface area contributed by atoms with Crippen molar-refractivity contribution in [3.63, 3.8) is 0 Å². The average Bonchev–Trinajstić information content (AvgIpc) is 2.95. The van der Waals surface area contributed by atoms with Crippen molar-refractivity contribution < 1.29 is 4.74 Å². The maximum absolute atomic E-state index is 5.71. The summed E-state index contributed by atoms with van der Waals surface area (Å²) >= 11 is 0. The van der Waals surface area contributed by atoms with Crippen LogP contribution in [0.5, 0.6) is 5.75 Å². The lowest BCUT2D eigenvalue weighted by Gasteiger charge is -2.04. The smallest absolute Gasteiger partial charge is 0.181 e. The molecule has 0 amide bonds. The van der Waals surface area contributed by atoms with Crippen molar-refractivity contribution in [2.24, 2.45) is 0 Å². The van der Waals surface area contributed by atoms with Gasteiger partial charge in [-0.3, -0.25) is 5.10 Å². The Morgan fingerprint density at radius 1 is 1.00 bits per heavy atom. The standard InChI is InChI=1S/C17H17N3O/c1-12-6-8-14(9-7-12)17-18-16(19-20-17)11-21-15-5-3-4-13(2)10-15/h3-10H,11H2,1-2H3,(H,18,19,20). The number of ether oxygens (including phenoxy) is 1. The van der Waals surface area contributed by atoms with Gasteiger partial charge in [-0.05, 0) is 31.5 Å². The Kier molecular flexibility index (Phi) is 3.69. The molecule has 0 atom stereocenters. The largest absolute Gasteiger partial charge is 0.486 e. The molecule has 0 spiro atoms. The number of hydrogen-bond donors (Lipinski definition) is 1. The zero-order chi connectivity index (χ0) is 14.7. The summed E-state index contributed by atoms with van der Waals surface area (Å²) < 4.78 is 5.71. The fraction of sp³-hybridized carbons (Fsp3) is 0.176. The van der Waals surface area contributed by atoms with Gasteiger partial charge in [-0.1, -0.05) is 42.0 Å². The second-order valence-corrected chi connectivity index (χ2v) is 5.08. The summed E-state index contributed by atoms with van der Waals surface area (Å²) in [6.07, 6.45) is 0. The number of nitrogens with zero attached hydrogens (tertiary/aromatic N) is 2. The maximum Gasteiger partial charge on any atom is 0.181 e. The monoisotopic (exact) mass is 279 g/mol. The predicted molar refractivity (Wildman–Crippen MR) is 82.1 cm³/mol. The highest BCUT2D eigenvalue weighted by Gasteiger charge is 2.06. The van der Waals surface area contributed by atoms with E-state index >= 15 is 0 Å². The zero-order valence-corrected chi connectivity index (χ0v) is 12.1. The molecule has 4 heteroatoms. The Morgan fingerprint density at radius 2 is 1.81 bits per heavy atom. The molecule has 3 rings (SSSR count). The molecular weight excluding hydrogens is 262 g/mol. The number of H-pyrrole nitrogens is 1. The molecule has 1 N–H and O–H groups in total. The number of aromatic amines is 1. The first-order valence-corrected chi connectivity index (χ1v) is 6.88. The quantitative estimate of drug-likeness (QED) is 0.792. The van der Waals surface area contributed by atoms with Crippen LogP contribution >= 0.6 is 0 Å². The van der Waals surface area contributed by atoms with E-state index in [0.717, 1.165) is 11.3 Å². The molecule has 2 aromatic carbocycles. The van der Waals surface area contributed by atoms with Crippen LogP contribution in [-0.4, -0.2) is 15.2 Å². The van der Waals surface area contributed by atoms with Gasteiger partial charge in [0, 0.05) is 5.56 Å². The Bertz CT molecular complexity index is 732. The van der Waals surface area contributed by atoms with Gasteiger partial charge < -0.3 is 4.74 Å². The number of hydrogen-bond acceptors (Lipinski definition) is 3. The van der Waals surface area contributed by atoms with Crippen LogP contribution in [0, 0.1) is 13.8 Å². The summed E-state index contributed by atoms with van der Waals surface area (Å²) in [5.41, 5.74) is 3.39. The number of benzene rings is 2. The van der Waals surface area contributed by atoms with Crippen molar-refractivity contribution in [1.29, 1.82) is 0 Å². The van der Waals surface area contributed by atoms with Gasteiger partial charge in [-0.25, -0.2) is 4.98 Å². The van der Waals surface area contributed by atoms with Crippen molar-refractivity contribution >= 4 is 0 Å². The van der Waals surface area contributed by atoms with E-state index in [9.17, 15) is 0 Å². The summed E-state index contributed by atoms with van der Waals surface area (Å²) in [7, 11) is 0. The van der Waals surface area contributed by atoms with E-state index in [1.165, 1.54) is 11.1 Å². The van der Waals surface area contributed by atoms with Crippen LogP contribution in [0.25, 0.3) is 11.4 Å². The first-order chi connectivity index (χ1) is 10.2. The lowest BCUT2D eigenvalue weighted by molar-refractivity contribution is 0.296. The van der Waals surface area contributed by atoms with E-state index in [1.54, 1.807) is 0 Å². The van der Waals surface area contributed by atoms with Crippen molar-refractivity contribution in [3.8, 4) is 17.1 Å². The molecule has 0 aliphatic rings. The molecule has 0 aliphatic carbocycles. The molecular formula is C17H17N3O. The average molecular weight is 279 g/mol. The van der Waals surface area contributed by atoms with Gasteiger partial charge in [-0.2, -0.15) is 5.10 Å². The van der Waals surface area contributed by atoms with Gasteiger partial charge in [-0.15, -0.1) is 0 Å². The minimum absolute atomic E-state index is 0.377. The molecule has 1 heterocycles. The molecule has 4 nitrogen and oxygen atoms in total. The van der Waals surface area contributed by atoms with Gasteiger partial charge in [0.15, 0.2) is 11.6 Å². The van der Waals surface area contributed by atoms with Crippen LogP contribution in [0.1, 0.15) is 17.0 Å². The normalized spacial score (nSPS) is 10.6. The Balaban J connectivity index is 1.69. The van der Waals surface area contributed by atoms with Crippen LogP contribution in [0.3, 0.4) is 0 Å². The Hall–Kier alpha value is -2.62. The van der Waals surface area contributed by atoms with Crippen molar-refractivity contribution in [2.45, 2.75) is 20.5 Å². The highest BCUT2D eigenvalue weighted by molar-refractivity contribution is 5.54. The van der Waals surface area contributed by atoms with Gasteiger partial charge in [0.1, 0.15) is 12.4 Å². The lowest BCUT2D eigenvalue weighted by atomic mass is 10.1. The molecule has 0 bridgehead atoms. The van der Waals surface area contributed by atoms with Gasteiger partial charge >= 0.3 is 0 Å². The molecule has 1 aromatic heterocycles. The third kappa shape index (κ3) is 3.28. The van der Waals surface area contributed by atoms with Crippen LogP contribution in [0.2, 0.25) is 0 Å². The van der Waals surface area contributed by atoms with Crippen molar-refractivity contribution in [1.82, 2.24) is 15.2 Å². The summed E-state index contributed by atoms with van der Waals surface area (Å²) in [6.45, 7) is 4.47. The summed E-state index contributed by atoms with van der Waals surface area (Å²) in [5, 5.41) is 7.15. The van der Waals surface area contributed by atoms with E-state index in [4.69, 9.17) is 4.74 Å². The summed E-state index contributed by atoms with van der Waals surface area (Å²) in [6, 6.07) is 16.1. The molecule has 0 fully saturated rings. The molecule has 3 aromatic rings. The molecule has 0 aliphatic heterocycles. The fourth-order valence-electron chi connectivity index (χ4n) is 2.05. The summed E-state index contributed by atoms with van der Waals surface area (Å²) in [4.78, 5) is 4.46. The lowest BCUT2D eigenvalue weighted by Crippen LogP contribution is -1.97. The van der Waals surface area contributed by atoms with E-state index in [-0.39, 0.29) is 0 Å². The number of nitrogens with one attached hydrogen (secondary N) is 1. The highest BCUT2D eigenvalue weighted by atomic mass is 16.5. The second-order valence-electron chi connectivity index (χ2n) is 5.08. The van der Waals surface area contributed by atoms with Gasteiger partial charge in [0.05, 0.1) is 0 Å². The number of aryl methyl sites for hydroxylation is 2. The molecule has 0 radical (unpaired) electrons. The number of rotatable bonds is 4. The van der Waals surface area contributed by atoms with Gasteiger partial charge in [0.2, 0.25) is 0 Å². The second kappa shape index (κ2) is 5.79. The first kappa shape index (κ1) is 13.4. The topological polar surface area (TPSA) is 50.8 Å². The Labute approximate surface area is 123 Å². The van der Waals surface area contributed by atoms with Crippen LogP contribution in [0.15, 0.2) is 48.5 Å². The predicted octanol–water partition coefficient (Wildman–Crippen LogP) is 3.67. The van der Waals surface area contributed by atoms with Crippen LogP contribution in [-0.2, 0) is 6.61 Å². The molecule has 106 valence electrons. The van der Waals surface area contributed by atoms with Gasteiger partial charge in [0.25, 0.3) is 0 Å². The zero-order valence-electron chi connectivity index (χ0n) is 12.1. The third-order valence-electron chi connectivity index (χ3n) is 3.21. The first-order valence-electron chi connectivity index (χ1n) is 6.88. The molecule has 0 unspecified atom stereocenters. The number of aromatic nitrogens is 3. The van der Waals surface area contributed by atoms with E-state index in [1.807, 2.05) is 43.3 Å². The molecule has 21 heavy (non-hydrogen) atoms. The van der Waals surface area contributed by atoms with Crippen molar-refractivity contribution in [2.75, 3.05) is 0 Å². The van der Waals surface area contributed by atoms with Crippen LogP contribution in [0.4, 0.5) is 0 Å². The molecule has 0 saturated heterocycles. The maximum atomic E-state index is 5.71. The SMILES string of the molecule is Cc1ccc(-c2n[nH]c(COc3cccc(C)c3)n2)cc1. The van der Waals surface area contributed by atoms with E-state index < -0.39 is 0 Å².